The number of thiazole rings is 1. The molecule has 162 valence electrons. The number of nitrogens with one attached hydrogen (secondary N) is 1. The van der Waals surface area contributed by atoms with Gasteiger partial charge in [-0.05, 0) is 48.8 Å². The second-order valence-corrected chi connectivity index (χ2v) is 9.47. The van der Waals surface area contributed by atoms with E-state index < -0.39 is 11.9 Å². The second-order valence-electron chi connectivity index (χ2n) is 7.58. The quantitative estimate of drug-likeness (QED) is 0.584. The molecule has 0 atom stereocenters. The number of nitrogens with zero attached hydrogens (tertiary/aromatic N) is 2. The molecule has 7 nitrogen and oxygen atoms in total. The first kappa shape index (κ1) is 21.5. The van der Waals surface area contributed by atoms with Crippen molar-refractivity contribution in [1.29, 1.82) is 0 Å². The number of carbonyl (C=O) groups excluding carboxylic acids is 1. The van der Waals surface area contributed by atoms with Crippen LogP contribution >= 0.6 is 22.7 Å². The minimum absolute atomic E-state index is 0.103. The first-order valence-electron chi connectivity index (χ1n) is 10.3. The molecular formula is C22H23N3O4S2. The van der Waals surface area contributed by atoms with Crippen LogP contribution in [0.25, 0.3) is 0 Å². The number of amides is 1. The number of fused-ring (bicyclic) bond motifs is 1. The molecule has 0 spiro atoms. The van der Waals surface area contributed by atoms with Crippen LogP contribution in [0.3, 0.4) is 0 Å². The molecule has 31 heavy (non-hydrogen) atoms. The summed E-state index contributed by atoms with van der Waals surface area (Å²) in [4.78, 5) is 42.4. The van der Waals surface area contributed by atoms with Crippen LogP contribution in [0.4, 0.5) is 5.13 Å². The number of hydrogen-bond acceptors (Lipinski definition) is 6. The summed E-state index contributed by atoms with van der Waals surface area (Å²) in [5.74, 6) is -1.49. The zero-order valence-electron chi connectivity index (χ0n) is 16.9. The predicted molar refractivity (Wildman–Crippen MR) is 121 cm³/mol. The highest BCUT2D eigenvalue weighted by Crippen LogP contribution is 2.23. The van der Waals surface area contributed by atoms with E-state index in [0.29, 0.717) is 12.2 Å². The van der Waals surface area contributed by atoms with E-state index in [1.165, 1.54) is 0 Å². The molecule has 3 aromatic heterocycles. The Labute approximate surface area is 187 Å². The van der Waals surface area contributed by atoms with Crippen molar-refractivity contribution in [2.75, 3.05) is 5.32 Å². The van der Waals surface area contributed by atoms with Crippen molar-refractivity contribution >= 4 is 39.7 Å². The van der Waals surface area contributed by atoms with Crippen LogP contribution in [0, 0.1) is 0 Å². The first-order chi connectivity index (χ1) is 15.0. The van der Waals surface area contributed by atoms with Crippen molar-refractivity contribution in [3.8, 4) is 0 Å². The van der Waals surface area contributed by atoms with E-state index in [2.05, 4.69) is 10.3 Å². The molecule has 0 saturated carbocycles. The Morgan fingerprint density at radius 3 is 2.71 bits per heavy atom. The van der Waals surface area contributed by atoms with Gasteiger partial charge in [0.1, 0.15) is 5.56 Å². The monoisotopic (exact) mass is 457 g/mol. The average Bonchev–Trinajstić information content (AvgIpc) is 3.36. The van der Waals surface area contributed by atoms with Crippen molar-refractivity contribution in [3.05, 3.63) is 66.7 Å². The summed E-state index contributed by atoms with van der Waals surface area (Å²) in [6, 6.07) is 5.70. The zero-order chi connectivity index (χ0) is 21.8. The summed E-state index contributed by atoms with van der Waals surface area (Å²) in [6.45, 7) is 0.458. The number of aromatic nitrogens is 2. The maximum absolute atomic E-state index is 13.4. The smallest absolute Gasteiger partial charge is 0.309 e. The number of pyridine rings is 1. The number of aliphatic carboxylic acids is 1. The average molecular weight is 458 g/mol. The van der Waals surface area contributed by atoms with E-state index in [4.69, 9.17) is 5.11 Å². The largest absolute Gasteiger partial charge is 0.481 e. The van der Waals surface area contributed by atoms with Crippen molar-refractivity contribution < 1.29 is 14.7 Å². The van der Waals surface area contributed by atoms with E-state index >= 15 is 0 Å². The number of thiophene rings is 1. The van der Waals surface area contributed by atoms with Crippen LogP contribution in [0.2, 0.25) is 0 Å². The van der Waals surface area contributed by atoms with Crippen LogP contribution in [-0.4, -0.2) is 26.5 Å². The number of aryl methyl sites for hydroxylation is 1. The number of carbonyl (C=O) groups is 2. The summed E-state index contributed by atoms with van der Waals surface area (Å²) in [5.41, 5.74) is 2.28. The van der Waals surface area contributed by atoms with Crippen molar-refractivity contribution in [3.63, 3.8) is 0 Å². The lowest BCUT2D eigenvalue weighted by molar-refractivity contribution is -0.136. The Balaban J connectivity index is 1.68. The molecule has 0 fully saturated rings. The second kappa shape index (κ2) is 9.57. The normalized spacial score (nSPS) is 13.8. The van der Waals surface area contributed by atoms with Crippen LogP contribution in [0.1, 0.15) is 57.9 Å². The standard InChI is InChI=1S/C22H23N3O4S2/c26-19(27)11-15-13-31-22(23-15)24-20(28)17-10-14-6-3-1-2-4-8-18(14)25(21(17)29)12-16-7-5-9-30-16/h5,7,9-10,13H,1-4,6,8,11-12H2,(H,26,27)(H,23,24,28). The van der Waals surface area contributed by atoms with Gasteiger partial charge in [0.2, 0.25) is 0 Å². The molecule has 0 saturated heterocycles. The van der Waals surface area contributed by atoms with E-state index in [1.807, 2.05) is 17.5 Å². The van der Waals surface area contributed by atoms with E-state index in [9.17, 15) is 14.4 Å². The fraction of sp³-hybridized carbons (Fsp3) is 0.364. The van der Waals surface area contributed by atoms with Gasteiger partial charge in [-0.1, -0.05) is 18.9 Å². The van der Waals surface area contributed by atoms with Crippen LogP contribution in [0.5, 0.6) is 0 Å². The van der Waals surface area contributed by atoms with Gasteiger partial charge in [0.25, 0.3) is 11.5 Å². The molecule has 9 heteroatoms. The van der Waals surface area contributed by atoms with E-state index in [0.717, 1.165) is 66.0 Å². The Morgan fingerprint density at radius 1 is 1.16 bits per heavy atom. The third kappa shape index (κ3) is 5.11. The molecule has 1 aliphatic carbocycles. The Kier molecular flexibility index (Phi) is 6.62. The maximum atomic E-state index is 13.4. The molecule has 0 unspecified atom stereocenters. The SMILES string of the molecule is O=C(O)Cc1csc(NC(=O)c2cc3c(n(Cc4cccs4)c2=O)CCCCCC3)n1. The summed E-state index contributed by atoms with van der Waals surface area (Å²) >= 11 is 2.74. The highest BCUT2D eigenvalue weighted by atomic mass is 32.1. The van der Waals surface area contributed by atoms with Gasteiger partial charge in [-0.3, -0.25) is 19.7 Å². The predicted octanol–water partition coefficient (Wildman–Crippen LogP) is 3.95. The van der Waals surface area contributed by atoms with Gasteiger partial charge in [0.15, 0.2) is 5.13 Å². The molecule has 0 bridgehead atoms. The van der Waals surface area contributed by atoms with Gasteiger partial charge < -0.3 is 9.67 Å². The minimum atomic E-state index is -0.985. The zero-order valence-corrected chi connectivity index (χ0v) is 18.6. The molecule has 0 aromatic carbocycles. The molecule has 0 radical (unpaired) electrons. The van der Waals surface area contributed by atoms with Gasteiger partial charge in [0, 0.05) is 16.0 Å². The number of rotatable bonds is 6. The fourth-order valence-corrected chi connectivity index (χ4v) is 5.29. The lowest BCUT2D eigenvalue weighted by atomic mass is 9.95. The van der Waals surface area contributed by atoms with Crippen molar-refractivity contribution in [2.24, 2.45) is 0 Å². The number of carboxylic acid groups (broad SMARTS) is 1. The molecule has 3 aromatic rings. The third-order valence-corrected chi connectivity index (χ3v) is 7.01. The lowest BCUT2D eigenvalue weighted by Crippen LogP contribution is -2.33. The van der Waals surface area contributed by atoms with Gasteiger partial charge >= 0.3 is 5.97 Å². The number of carboxylic acids is 1. The Morgan fingerprint density at radius 2 is 1.97 bits per heavy atom. The van der Waals surface area contributed by atoms with E-state index in [1.54, 1.807) is 27.4 Å². The first-order valence-corrected chi connectivity index (χ1v) is 12.0. The Bertz CT molecular complexity index is 1150. The molecule has 1 amide bonds. The summed E-state index contributed by atoms with van der Waals surface area (Å²) in [5, 5.41) is 15.4. The highest BCUT2D eigenvalue weighted by Gasteiger charge is 2.21. The minimum Gasteiger partial charge on any atom is -0.481 e. The van der Waals surface area contributed by atoms with Crippen LogP contribution in [-0.2, 0) is 30.6 Å². The molecular weight excluding hydrogens is 434 g/mol. The van der Waals surface area contributed by atoms with Gasteiger partial charge in [-0.2, -0.15) is 0 Å². The maximum Gasteiger partial charge on any atom is 0.309 e. The number of hydrogen-bond donors (Lipinski definition) is 2. The lowest BCUT2D eigenvalue weighted by Gasteiger charge is -2.20. The fourth-order valence-electron chi connectivity index (χ4n) is 3.89. The van der Waals surface area contributed by atoms with E-state index in [-0.39, 0.29) is 22.7 Å². The van der Waals surface area contributed by atoms with Gasteiger partial charge in [-0.25, -0.2) is 4.98 Å². The molecule has 3 heterocycles. The summed E-state index contributed by atoms with van der Waals surface area (Å²) < 4.78 is 1.76. The molecule has 0 aliphatic heterocycles. The topological polar surface area (TPSA) is 101 Å². The molecule has 4 rings (SSSR count). The molecule has 1 aliphatic rings. The van der Waals surface area contributed by atoms with Crippen molar-refractivity contribution in [1.82, 2.24) is 9.55 Å². The van der Waals surface area contributed by atoms with Gasteiger partial charge in [0.05, 0.1) is 18.7 Å². The summed E-state index contributed by atoms with van der Waals surface area (Å²) in [6.07, 6.45) is 5.85. The van der Waals surface area contributed by atoms with Gasteiger partial charge in [-0.15, -0.1) is 22.7 Å². The summed E-state index contributed by atoms with van der Waals surface area (Å²) in [7, 11) is 0. The van der Waals surface area contributed by atoms with Crippen molar-refractivity contribution in [2.45, 2.75) is 51.5 Å². The molecule has 2 N–H and O–H groups in total. The van der Waals surface area contributed by atoms with Crippen LogP contribution in [0.15, 0.2) is 33.8 Å². The van der Waals surface area contributed by atoms with Crippen LogP contribution < -0.4 is 10.9 Å². The highest BCUT2D eigenvalue weighted by molar-refractivity contribution is 7.14. The Hall–Kier alpha value is -2.78. The third-order valence-electron chi connectivity index (χ3n) is 5.34. The number of anilines is 1.